The van der Waals surface area contributed by atoms with Crippen LogP contribution in [0.5, 0.6) is 0 Å². The van der Waals surface area contributed by atoms with Crippen LogP contribution < -0.4 is 5.32 Å². The lowest BCUT2D eigenvalue weighted by Gasteiger charge is -2.17. The van der Waals surface area contributed by atoms with E-state index >= 15 is 0 Å². The molecule has 1 aromatic rings. The van der Waals surface area contributed by atoms with E-state index in [4.69, 9.17) is 4.74 Å². The summed E-state index contributed by atoms with van der Waals surface area (Å²) in [5.74, 6) is 1.45. The molecule has 1 aliphatic rings. The molecule has 0 radical (unpaired) electrons. The minimum Gasteiger partial charge on any atom is -0.378 e. The normalized spacial score (nSPS) is 24.6. The van der Waals surface area contributed by atoms with Gasteiger partial charge in [-0.15, -0.1) is 0 Å². The summed E-state index contributed by atoms with van der Waals surface area (Å²) in [5.41, 5.74) is 0. The maximum atomic E-state index is 5.65. The lowest BCUT2D eigenvalue weighted by Crippen LogP contribution is -2.23. The number of nitrogens with zero attached hydrogens (tertiary/aromatic N) is 2. The first-order chi connectivity index (χ1) is 7.81. The first-order valence-electron chi connectivity index (χ1n) is 5.62. The zero-order valence-electron chi connectivity index (χ0n) is 9.32. The number of nitrogens with one attached hydrogen (secondary N) is 1. The molecule has 4 nitrogen and oxygen atoms in total. The number of aromatic nitrogens is 2. The van der Waals surface area contributed by atoms with Crippen LogP contribution in [0.1, 0.15) is 19.8 Å². The van der Waals surface area contributed by atoms with Crippen LogP contribution in [-0.4, -0.2) is 29.2 Å². The van der Waals surface area contributed by atoms with Gasteiger partial charge in [-0.25, -0.2) is 9.97 Å². The summed E-state index contributed by atoms with van der Waals surface area (Å²) in [4.78, 5) is 8.11. The van der Waals surface area contributed by atoms with Gasteiger partial charge in [-0.2, -0.15) is 0 Å². The van der Waals surface area contributed by atoms with Crippen LogP contribution in [-0.2, 0) is 4.74 Å². The van der Waals surface area contributed by atoms with Gasteiger partial charge in [-0.1, -0.05) is 6.92 Å². The third kappa shape index (κ3) is 2.71. The van der Waals surface area contributed by atoms with Gasteiger partial charge in [0.1, 0.15) is 12.1 Å². The van der Waals surface area contributed by atoms with E-state index in [1.54, 1.807) is 12.5 Å². The topological polar surface area (TPSA) is 47.0 Å². The highest BCUT2D eigenvalue weighted by molar-refractivity contribution is 9.10. The average Bonchev–Trinajstić information content (AvgIpc) is 2.75. The van der Waals surface area contributed by atoms with E-state index in [0.29, 0.717) is 12.0 Å². The third-order valence-electron chi connectivity index (χ3n) is 2.95. The Morgan fingerprint density at radius 3 is 3.25 bits per heavy atom. The number of hydrogen-bond acceptors (Lipinski definition) is 4. The number of rotatable bonds is 4. The summed E-state index contributed by atoms with van der Waals surface area (Å²) in [6.07, 6.45) is 5.91. The van der Waals surface area contributed by atoms with Gasteiger partial charge >= 0.3 is 0 Å². The monoisotopic (exact) mass is 285 g/mol. The van der Waals surface area contributed by atoms with Gasteiger partial charge in [0.05, 0.1) is 10.6 Å². The van der Waals surface area contributed by atoms with Crippen molar-refractivity contribution in [3.05, 3.63) is 17.0 Å². The molecule has 88 valence electrons. The Morgan fingerprint density at radius 2 is 2.50 bits per heavy atom. The van der Waals surface area contributed by atoms with Gasteiger partial charge < -0.3 is 10.1 Å². The van der Waals surface area contributed by atoms with Crippen molar-refractivity contribution in [1.82, 2.24) is 9.97 Å². The van der Waals surface area contributed by atoms with E-state index < -0.39 is 0 Å². The molecule has 0 amide bonds. The van der Waals surface area contributed by atoms with E-state index in [1.807, 2.05) is 0 Å². The van der Waals surface area contributed by atoms with E-state index in [-0.39, 0.29) is 0 Å². The van der Waals surface area contributed by atoms with Crippen molar-refractivity contribution < 1.29 is 4.74 Å². The molecule has 0 spiro atoms. The van der Waals surface area contributed by atoms with Crippen LogP contribution in [0.15, 0.2) is 17.0 Å². The van der Waals surface area contributed by atoms with Crippen molar-refractivity contribution in [3.8, 4) is 0 Å². The van der Waals surface area contributed by atoms with Crippen molar-refractivity contribution >= 4 is 21.7 Å². The summed E-state index contributed by atoms with van der Waals surface area (Å²) in [7, 11) is 0. The highest BCUT2D eigenvalue weighted by atomic mass is 79.9. The van der Waals surface area contributed by atoms with Crippen molar-refractivity contribution in [1.29, 1.82) is 0 Å². The maximum absolute atomic E-state index is 5.65. The quantitative estimate of drug-likeness (QED) is 0.923. The van der Waals surface area contributed by atoms with Crippen molar-refractivity contribution in [2.75, 3.05) is 18.5 Å². The Morgan fingerprint density at radius 1 is 1.62 bits per heavy atom. The predicted octanol–water partition coefficient (Wildman–Crippen LogP) is 2.47. The van der Waals surface area contributed by atoms with Crippen molar-refractivity contribution in [3.63, 3.8) is 0 Å². The van der Waals surface area contributed by atoms with E-state index in [9.17, 15) is 0 Å². The van der Waals surface area contributed by atoms with Crippen LogP contribution in [0.2, 0.25) is 0 Å². The Kier molecular flexibility index (Phi) is 4.12. The van der Waals surface area contributed by atoms with Crippen LogP contribution in [0, 0.1) is 5.92 Å². The largest absolute Gasteiger partial charge is 0.378 e. The predicted molar refractivity (Wildman–Crippen MR) is 66.4 cm³/mol. The van der Waals surface area contributed by atoms with Gasteiger partial charge in [0.15, 0.2) is 0 Å². The lowest BCUT2D eigenvalue weighted by atomic mass is 10.00. The fourth-order valence-corrected chi connectivity index (χ4v) is 2.41. The first-order valence-corrected chi connectivity index (χ1v) is 6.41. The number of hydrogen-bond donors (Lipinski definition) is 1. The first kappa shape index (κ1) is 11.8. The van der Waals surface area contributed by atoms with Gasteiger partial charge in [-0.05, 0) is 28.8 Å². The molecule has 0 aliphatic carbocycles. The highest BCUT2D eigenvalue weighted by Crippen LogP contribution is 2.24. The molecular weight excluding hydrogens is 270 g/mol. The van der Waals surface area contributed by atoms with E-state index in [1.165, 1.54) is 0 Å². The average molecular weight is 286 g/mol. The fraction of sp³-hybridized carbons (Fsp3) is 0.636. The van der Waals surface area contributed by atoms with Crippen LogP contribution >= 0.6 is 15.9 Å². The molecule has 2 heterocycles. The Hall–Kier alpha value is -0.680. The number of halogens is 1. The molecule has 1 N–H and O–H groups in total. The molecule has 5 heteroatoms. The summed E-state index contributed by atoms with van der Waals surface area (Å²) >= 11 is 3.42. The Bertz CT molecular complexity index is 348. The maximum Gasteiger partial charge on any atom is 0.143 e. The second-order valence-corrected chi connectivity index (χ2v) is 4.82. The minimum atomic E-state index is 0.396. The van der Waals surface area contributed by atoms with Crippen molar-refractivity contribution in [2.45, 2.75) is 25.9 Å². The van der Waals surface area contributed by atoms with Gasteiger partial charge in [-0.3, -0.25) is 0 Å². The lowest BCUT2D eigenvalue weighted by molar-refractivity contribution is 0.0900. The molecule has 2 atom stereocenters. The van der Waals surface area contributed by atoms with Crippen LogP contribution in [0.3, 0.4) is 0 Å². The van der Waals surface area contributed by atoms with Crippen LogP contribution in [0.4, 0.5) is 5.82 Å². The molecule has 1 fully saturated rings. The van der Waals surface area contributed by atoms with Crippen LogP contribution in [0.25, 0.3) is 0 Å². The van der Waals surface area contributed by atoms with E-state index in [2.05, 4.69) is 38.1 Å². The molecule has 16 heavy (non-hydrogen) atoms. The molecule has 1 aromatic heterocycles. The summed E-state index contributed by atoms with van der Waals surface area (Å²) in [6, 6.07) is 0. The van der Waals surface area contributed by atoms with Gasteiger partial charge in [0, 0.05) is 25.3 Å². The summed E-state index contributed by atoms with van der Waals surface area (Å²) in [5, 5.41) is 3.34. The zero-order chi connectivity index (χ0) is 11.4. The molecule has 2 unspecified atom stereocenters. The van der Waals surface area contributed by atoms with Crippen molar-refractivity contribution in [2.24, 2.45) is 5.92 Å². The fourth-order valence-electron chi connectivity index (χ4n) is 2.05. The van der Waals surface area contributed by atoms with Gasteiger partial charge in [0.25, 0.3) is 0 Å². The minimum absolute atomic E-state index is 0.396. The highest BCUT2D eigenvalue weighted by Gasteiger charge is 2.26. The molecule has 1 saturated heterocycles. The molecule has 1 aliphatic heterocycles. The molecule has 0 aromatic carbocycles. The van der Waals surface area contributed by atoms with Gasteiger partial charge in [0.2, 0.25) is 0 Å². The number of ether oxygens (including phenoxy) is 1. The summed E-state index contributed by atoms with van der Waals surface area (Å²) in [6.45, 7) is 3.97. The molecule has 0 saturated carbocycles. The zero-order valence-corrected chi connectivity index (χ0v) is 10.9. The second-order valence-electron chi connectivity index (χ2n) is 3.97. The molecule has 0 bridgehead atoms. The molecule has 2 rings (SSSR count). The summed E-state index contributed by atoms with van der Waals surface area (Å²) < 4.78 is 6.55. The van der Waals surface area contributed by atoms with E-state index in [0.717, 1.165) is 36.3 Å². The standard InChI is InChI=1S/C11H16BrN3O/c1-2-10-8(3-4-16-10)5-14-11-9(12)6-13-7-15-11/h6-8,10H,2-5H2,1H3,(H,13,14,15). The Labute approximate surface area is 104 Å². The molecular formula is C11H16BrN3O. The third-order valence-corrected chi connectivity index (χ3v) is 3.53. The number of anilines is 1. The SMILES string of the molecule is CCC1OCCC1CNc1ncncc1Br. The smallest absolute Gasteiger partial charge is 0.143 e. The Balaban J connectivity index is 1.90. The second kappa shape index (κ2) is 5.59.